The van der Waals surface area contributed by atoms with Gasteiger partial charge in [0.15, 0.2) is 11.5 Å². The Morgan fingerprint density at radius 2 is 1.44 bits per heavy atom. The number of ether oxygens (including phenoxy) is 4. The number of hydrogen-bond donors (Lipinski definition) is 2. The van der Waals surface area contributed by atoms with Gasteiger partial charge in [0.2, 0.25) is 0 Å². The number of carbonyl (C=O) groups excluding carboxylic acids is 2. The number of nitrogens with one attached hydrogen (secondary N) is 2. The van der Waals surface area contributed by atoms with Crippen molar-refractivity contribution in [2.75, 3.05) is 33.8 Å². The molecule has 2 amide bonds. The van der Waals surface area contributed by atoms with Crippen LogP contribution in [0.25, 0.3) is 0 Å². The number of anilines is 1. The quantitative estimate of drug-likeness (QED) is 0.724. The molecule has 8 heteroatoms. The van der Waals surface area contributed by atoms with Gasteiger partial charge in [-0.05, 0) is 30.3 Å². The van der Waals surface area contributed by atoms with E-state index < -0.39 is 12.0 Å². The van der Waals surface area contributed by atoms with E-state index in [9.17, 15) is 9.59 Å². The first-order chi connectivity index (χ1) is 13.0. The molecule has 0 unspecified atom stereocenters. The number of urea groups is 1. The molecule has 0 radical (unpaired) electrons. The molecule has 0 atom stereocenters. The van der Waals surface area contributed by atoms with E-state index in [1.807, 2.05) is 0 Å². The fourth-order valence-corrected chi connectivity index (χ4v) is 2.39. The third kappa shape index (κ3) is 5.04. The Morgan fingerprint density at radius 3 is 2.00 bits per heavy atom. The van der Waals surface area contributed by atoms with Gasteiger partial charge in [0.25, 0.3) is 0 Å². The Bertz CT molecular complexity index is 805. The average molecular weight is 374 g/mol. The zero-order valence-electron chi connectivity index (χ0n) is 15.6. The van der Waals surface area contributed by atoms with Crippen LogP contribution in [0.4, 0.5) is 10.5 Å². The SMILES string of the molecule is COC(=O)c1ccc(NC(=O)NCc2cc(OC)c(OC)cc2OC)cc1. The summed E-state index contributed by atoms with van der Waals surface area (Å²) in [6.45, 7) is 0.218. The zero-order valence-corrected chi connectivity index (χ0v) is 15.6. The number of methoxy groups -OCH3 is 4. The van der Waals surface area contributed by atoms with E-state index in [4.69, 9.17) is 14.2 Å². The summed E-state index contributed by atoms with van der Waals surface area (Å²) < 4.78 is 20.5. The average Bonchev–Trinajstić information content (AvgIpc) is 2.71. The number of benzene rings is 2. The monoisotopic (exact) mass is 374 g/mol. The normalized spacial score (nSPS) is 9.93. The molecule has 0 aliphatic heterocycles. The molecule has 8 nitrogen and oxygen atoms in total. The second-order valence-corrected chi connectivity index (χ2v) is 5.40. The molecule has 0 fully saturated rings. The van der Waals surface area contributed by atoms with Crippen LogP contribution in [0.1, 0.15) is 15.9 Å². The number of amides is 2. The van der Waals surface area contributed by atoms with Crippen LogP contribution in [0.15, 0.2) is 36.4 Å². The summed E-state index contributed by atoms with van der Waals surface area (Å²) in [4.78, 5) is 23.5. The number of rotatable bonds is 7. The van der Waals surface area contributed by atoms with Crippen molar-refractivity contribution in [3.05, 3.63) is 47.5 Å². The molecule has 0 aliphatic carbocycles. The Hall–Kier alpha value is -3.42. The maximum atomic E-state index is 12.1. The lowest BCUT2D eigenvalue weighted by molar-refractivity contribution is 0.0600. The van der Waals surface area contributed by atoms with Crippen LogP contribution in [0.2, 0.25) is 0 Å². The van der Waals surface area contributed by atoms with E-state index >= 15 is 0 Å². The highest BCUT2D eigenvalue weighted by Gasteiger charge is 2.13. The lowest BCUT2D eigenvalue weighted by Crippen LogP contribution is -2.28. The van der Waals surface area contributed by atoms with Gasteiger partial charge in [-0.25, -0.2) is 9.59 Å². The van der Waals surface area contributed by atoms with E-state index in [-0.39, 0.29) is 6.54 Å². The van der Waals surface area contributed by atoms with Crippen molar-refractivity contribution in [3.63, 3.8) is 0 Å². The van der Waals surface area contributed by atoms with Gasteiger partial charge in [-0.1, -0.05) is 0 Å². The van der Waals surface area contributed by atoms with Crippen LogP contribution in [-0.2, 0) is 11.3 Å². The van der Waals surface area contributed by atoms with E-state index in [0.717, 1.165) is 5.56 Å². The topological polar surface area (TPSA) is 95.1 Å². The Kier molecular flexibility index (Phi) is 6.87. The van der Waals surface area contributed by atoms with Gasteiger partial charge < -0.3 is 29.6 Å². The summed E-state index contributed by atoms with van der Waals surface area (Å²) in [5.74, 6) is 1.20. The third-order valence-corrected chi connectivity index (χ3v) is 3.79. The Balaban J connectivity index is 2.02. The number of hydrogen-bond acceptors (Lipinski definition) is 6. The highest BCUT2D eigenvalue weighted by atomic mass is 16.5. The minimum absolute atomic E-state index is 0.218. The van der Waals surface area contributed by atoms with Crippen molar-refractivity contribution in [3.8, 4) is 17.2 Å². The first kappa shape index (κ1) is 19.9. The lowest BCUT2D eigenvalue weighted by Gasteiger charge is -2.15. The van der Waals surface area contributed by atoms with E-state index in [1.165, 1.54) is 28.4 Å². The molecule has 0 spiro atoms. The predicted molar refractivity (Wildman–Crippen MR) is 99.7 cm³/mol. The van der Waals surface area contributed by atoms with Gasteiger partial charge in [0.05, 0.1) is 34.0 Å². The molecule has 0 bridgehead atoms. The van der Waals surface area contributed by atoms with Gasteiger partial charge in [-0.2, -0.15) is 0 Å². The first-order valence-corrected chi connectivity index (χ1v) is 8.04. The highest BCUT2D eigenvalue weighted by molar-refractivity contribution is 5.92. The molecule has 0 heterocycles. The largest absolute Gasteiger partial charge is 0.496 e. The summed E-state index contributed by atoms with van der Waals surface area (Å²) in [6.07, 6.45) is 0. The fraction of sp³-hybridized carbons (Fsp3) is 0.263. The molecule has 2 aromatic carbocycles. The Labute approximate surface area is 157 Å². The molecule has 27 heavy (non-hydrogen) atoms. The smallest absolute Gasteiger partial charge is 0.337 e. The fourth-order valence-electron chi connectivity index (χ4n) is 2.39. The zero-order chi connectivity index (χ0) is 19.8. The maximum absolute atomic E-state index is 12.1. The van der Waals surface area contributed by atoms with Crippen molar-refractivity contribution in [2.45, 2.75) is 6.54 Å². The van der Waals surface area contributed by atoms with Gasteiger partial charge >= 0.3 is 12.0 Å². The number of esters is 1. The summed E-state index contributed by atoms with van der Waals surface area (Å²) in [6, 6.07) is 9.39. The standard InChI is InChI=1S/C19H22N2O6/c1-24-15-10-17(26-3)16(25-2)9-13(15)11-20-19(23)21-14-7-5-12(6-8-14)18(22)27-4/h5-10H,11H2,1-4H3,(H2,20,21,23). The molecule has 2 aromatic rings. The third-order valence-electron chi connectivity index (χ3n) is 3.79. The molecular formula is C19H22N2O6. The summed E-state index contributed by atoms with van der Waals surface area (Å²) in [5, 5.41) is 5.43. The van der Waals surface area contributed by atoms with Crippen molar-refractivity contribution >= 4 is 17.7 Å². The lowest BCUT2D eigenvalue weighted by atomic mass is 10.1. The molecule has 0 aromatic heterocycles. The molecule has 144 valence electrons. The Morgan fingerprint density at radius 1 is 0.852 bits per heavy atom. The van der Waals surface area contributed by atoms with Gasteiger partial charge in [0.1, 0.15) is 5.75 Å². The van der Waals surface area contributed by atoms with Crippen LogP contribution in [0, 0.1) is 0 Å². The molecule has 0 aliphatic rings. The minimum atomic E-state index is -0.438. The molecule has 0 saturated carbocycles. The van der Waals surface area contributed by atoms with Crippen LogP contribution >= 0.6 is 0 Å². The van der Waals surface area contributed by atoms with Crippen LogP contribution in [-0.4, -0.2) is 40.4 Å². The van der Waals surface area contributed by atoms with E-state index in [1.54, 1.807) is 36.4 Å². The van der Waals surface area contributed by atoms with Crippen LogP contribution < -0.4 is 24.8 Å². The van der Waals surface area contributed by atoms with Crippen molar-refractivity contribution < 1.29 is 28.5 Å². The predicted octanol–water partition coefficient (Wildman–Crippen LogP) is 2.82. The van der Waals surface area contributed by atoms with E-state index in [0.29, 0.717) is 28.5 Å². The maximum Gasteiger partial charge on any atom is 0.337 e. The van der Waals surface area contributed by atoms with Crippen LogP contribution in [0.3, 0.4) is 0 Å². The first-order valence-electron chi connectivity index (χ1n) is 8.04. The minimum Gasteiger partial charge on any atom is -0.496 e. The molecule has 2 N–H and O–H groups in total. The molecule has 2 rings (SSSR count). The molecular weight excluding hydrogens is 352 g/mol. The summed E-state index contributed by atoms with van der Waals surface area (Å²) in [7, 11) is 5.92. The van der Waals surface area contributed by atoms with E-state index in [2.05, 4.69) is 15.4 Å². The highest BCUT2D eigenvalue weighted by Crippen LogP contribution is 2.34. The summed E-state index contributed by atoms with van der Waals surface area (Å²) >= 11 is 0. The van der Waals surface area contributed by atoms with Gasteiger partial charge in [0, 0.05) is 23.9 Å². The second-order valence-electron chi connectivity index (χ2n) is 5.40. The number of carbonyl (C=O) groups is 2. The van der Waals surface area contributed by atoms with Gasteiger partial charge in [-0.3, -0.25) is 0 Å². The molecule has 0 saturated heterocycles. The van der Waals surface area contributed by atoms with Crippen LogP contribution in [0.5, 0.6) is 17.2 Å². The van der Waals surface area contributed by atoms with Crippen molar-refractivity contribution in [2.24, 2.45) is 0 Å². The summed E-state index contributed by atoms with van der Waals surface area (Å²) in [5.41, 5.74) is 1.67. The van der Waals surface area contributed by atoms with Crippen molar-refractivity contribution in [1.29, 1.82) is 0 Å². The van der Waals surface area contributed by atoms with Gasteiger partial charge in [-0.15, -0.1) is 0 Å². The second kappa shape index (κ2) is 9.33. The van der Waals surface area contributed by atoms with Crippen molar-refractivity contribution in [1.82, 2.24) is 5.32 Å².